The molecule has 0 N–H and O–H groups in total. The first-order valence-electron chi connectivity index (χ1n) is 8.20. The van der Waals surface area contributed by atoms with E-state index in [0.717, 1.165) is 30.2 Å². The summed E-state index contributed by atoms with van der Waals surface area (Å²) < 4.78 is 7.03. The van der Waals surface area contributed by atoms with Crippen LogP contribution in [0.1, 0.15) is 17.5 Å². The summed E-state index contributed by atoms with van der Waals surface area (Å²) in [6.07, 6.45) is 6.09. The van der Waals surface area contributed by atoms with E-state index in [-0.39, 0.29) is 0 Å². The molecule has 0 saturated carbocycles. The van der Waals surface area contributed by atoms with Gasteiger partial charge in [0.05, 0.1) is 23.0 Å². The molecule has 0 amide bonds. The molecule has 24 heavy (non-hydrogen) atoms. The summed E-state index contributed by atoms with van der Waals surface area (Å²) in [5.74, 6) is 1.10. The predicted molar refractivity (Wildman–Crippen MR) is 96.9 cm³/mol. The maximum atomic E-state index is 5.75. The van der Waals surface area contributed by atoms with Gasteiger partial charge in [-0.3, -0.25) is 4.98 Å². The Morgan fingerprint density at radius 1 is 1.29 bits per heavy atom. The zero-order chi connectivity index (χ0) is 16.5. The molecule has 4 rings (SSSR count). The number of rotatable bonds is 4. The highest BCUT2D eigenvalue weighted by atomic mass is 32.1. The van der Waals surface area contributed by atoms with Gasteiger partial charge in [-0.05, 0) is 37.5 Å². The van der Waals surface area contributed by atoms with Crippen LogP contribution in [-0.4, -0.2) is 34.6 Å². The van der Waals surface area contributed by atoms with Crippen molar-refractivity contribution in [3.05, 3.63) is 41.9 Å². The number of fused-ring (bicyclic) bond motifs is 1. The second kappa shape index (κ2) is 6.36. The van der Waals surface area contributed by atoms with Gasteiger partial charge in [0.25, 0.3) is 0 Å². The minimum Gasteiger partial charge on any atom is -0.476 e. The summed E-state index contributed by atoms with van der Waals surface area (Å²) >= 11 is 1.79. The van der Waals surface area contributed by atoms with Crippen LogP contribution in [0.15, 0.2) is 30.7 Å². The molecule has 1 fully saturated rings. The van der Waals surface area contributed by atoms with Crippen molar-refractivity contribution in [3.63, 3.8) is 0 Å². The molecule has 1 aliphatic heterocycles. The quantitative estimate of drug-likeness (QED) is 0.726. The lowest BCUT2D eigenvalue weighted by atomic mass is 10.1. The highest BCUT2D eigenvalue weighted by molar-refractivity contribution is 7.22. The topological polar surface area (TPSA) is 51.1 Å². The molecule has 1 saturated heterocycles. The van der Waals surface area contributed by atoms with Crippen LogP contribution in [-0.2, 0) is 0 Å². The standard InChI is InChI=1S/C18H20N4OS/c1-12-7-13(2)17-15(8-12)24-18(21-17)22-6-3-14(10-22)11-23-16-9-19-4-5-20-16/h4-5,7-9,14H,3,6,10-11H2,1-2H3. The van der Waals surface area contributed by atoms with E-state index in [2.05, 4.69) is 40.8 Å². The van der Waals surface area contributed by atoms with E-state index in [1.807, 2.05) is 0 Å². The van der Waals surface area contributed by atoms with Crippen molar-refractivity contribution < 1.29 is 4.74 Å². The third kappa shape index (κ3) is 3.06. The zero-order valence-corrected chi connectivity index (χ0v) is 14.7. The SMILES string of the molecule is Cc1cc(C)c2nc(N3CCC(COc4cnccn4)C3)sc2c1. The fourth-order valence-electron chi connectivity index (χ4n) is 3.20. The van der Waals surface area contributed by atoms with Gasteiger partial charge in [-0.25, -0.2) is 9.97 Å². The van der Waals surface area contributed by atoms with Gasteiger partial charge in [-0.2, -0.15) is 0 Å². The first-order valence-corrected chi connectivity index (χ1v) is 9.02. The summed E-state index contributed by atoms with van der Waals surface area (Å²) in [6, 6.07) is 4.43. The first kappa shape index (κ1) is 15.3. The lowest BCUT2D eigenvalue weighted by Crippen LogP contribution is -2.21. The van der Waals surface area contributed by atoms with Crippen molar-refractivity contribution in [1.82, 2.24) is 15.0 Å². The molecule has 0 bridgehead atoms. The summed E-state index contributed by atoms with van der Waals surface area (Å²) in [7, 11) is 0. The molecule has 0 spiro atoms. The first-order chi connectivity index (χ1) is 11.7. The van der Waals surface area contributed by atoms with Gasteiger partial charge in [-0.15, -0.1) is 0 Å². The lowest BCUT2D eigenvalue weighted by molar-refractivity contribution is 0.251. The maximum Gasteiger partial charge on any atom is 0.232 e. The van der Waals surface area contributed by atoms with Crippen LogP contribution in [0, 0.1) is 19.8 Å². The Morgan fingerprint density at radius 3 is 3.04 bits per heavy atom. The number of aromatic nitrogens is 3. The third-order valence-corrected chi connectivity index (χ3v) is 5.44. The molecule has 5 nitrogen and oxygen atoms in total. The number of aryl methyl sites for hydroxylation is 2. The minimum atomic E-state index is 0.502. The molecule has 6 heteroatoms. The minimum absolute atomic E-state index is 0.502. The molecule has 0 radical (unpaired) electrons. The van der Waals surface area contributed by atoms with Crippen LogP contribution in [0.5, 0.6) is 5.88 Å². The van der Waals surface area contributed by atoms with Gasteiger partial charge in [-0.1, -0.05) is 17.4 Å². The number of ether oxygens (including phenoxy) is 1. The molecular formula is C18H20N4OS. The average Bonchev–Trinajstić information content (AvgIpc) is 3.20. The van der Waals surface area contributed by atoms with Gasteiger partial charge in [0.1, 0.15) is 0 Å². The molecule has 1 atom stereocenters. The van der Waals surface area contributed by atoms with Gasteiger partial charge in [0, 0.05) is 31.4 Å². The van der Waals surface area contributed by atoms with Gasteiger partial charge in [0.2, 0.25) is 5.88 Å². The van der Waals surface area contributed by atoms with Crippen LogP contribution < -0.4 is 9.64 Å². The Kier molecular flexibility index (Phi) is 4.06. The van der Waals surface area contributed by atoms with Crippen molar-refractivity contribution >= 4 is 26.7 Å². The van der Waals surface area contributed by atoms with E-state index < -0.39 is 0 Å². The highest BCUT2D eigenvalue weighted by Crippen LogP contribution is 2.34. The smallest absolute Gasteiger partial charge is 0.232 e. The van der Waals surface area contributed by atoms with E-state index in [4.69, 9.17) is 9.72 Å². The fraction of sp³-hybridized carbons (Fsp3) is 0.389. The molecule has 124 valence electrons. The molecule has 1 unspecified atom stereocenters. The molecule has 0 aliphatic carbocycles. The lowest BCUT2D eigenvalue weighted by Gasteiger charge is -2.15. The molecular weight excluding hydrogens is 320 g/mol. The molecule has 1 aliphatic rings. The summed E-state index contributed by atoms with van der Waals surface area (Å²) in [5.41, 5.74) is 3.70. The monoisotopic (exact) mass is 340 g/mol. The van der Waals surface area contributed by atoms with Crippen molar-refractivity contribution in [2.24, 2.45) is 5.92 Å². The van der Waals surface area contributed by atoms with Crippen LogP contribution in [0.25, 0.3) is 10.2 Å². The Bertz CT molecular complexity index is 849. The Labute approximate surface area is 145 Å². The number of thiazole rings is 1. The van der Waals surface area contributed by atoms with Crippen molar-refractivity contribution in [2.45, 2.75) is 20.3 Å². The van der Waals surface area contributed by atoms with Crippen molar-refractivity contribution in [1.29, 1.82) is 0 Å². The number of benzene rings is 1. The van der Waals surface area contributed by atoms with Gasteiger partial charge in [0.15, 0.2) is 5.13 Å². The molecule has 3 heterocycles. The van der Waals surface area contributed by atoms with Crippen molar-refractivity contribution in [3.8, 4) is 5.88 Å². The average molecular weight is 340 g/mol. The second-order valence-electron chi connectivity index (χ2n) is 6.38. The Hall–Kier alpha value is -2.21. The molecule has 1 aromatic carbocycles. The third-order valence-electron chi connectivity index (χ3n) is 4.38. The number of hydrogen-bond acceptors (Lipinski definition) is 6. The van der Waals surface area contributed by atoms with Crippen LogP contribution in [0.4, 0.5) is 5.13 Å². The van der Waals surface area contributed by atoms with Crippen molar-refractivity contribution in [2.75, 3.05) is 24.6 Å². The zero-order valence-electron chi connectivity index (χ0n) is 13.9. The normalized spacial score (nSPS) is 17.6. The Morgan fingerprint density at radius 2 is 2.21 bits per heavy atom. The maximum absolute atomic E-state index is 5.75. The summed E-state index contributed by atoms with van der Waals surface area (Å²) in [6.45, 7) is 6.98. The fourth-order valence-corrected chi connectivity index (χ4v) is 4.38. The number of anilines is 1. The molecule has 3 aromatic rings. The van der Waals surface area contributed by atoms with Crippen LogP contribution in [0.2, 0.25) is 0 Å². The summed E-state index contributed by atoms with van der Waals surface area (Å²) in [5, 5.41) is 1.13. The summed E-state index contributed by atoms with van der Waals surface area (Å²) in [4.78, 5) is 15.4. The molecule has 2 aromatic heterocycles. The van der Waals surface area contributed by atoms with Gasteiger partial charge >= 0.3 is 0 Å². The van der Waals surface area contributed by atoms with E-state index in [9.17, 15) is 0 Å². The second-order valence-corrected chi connectivity index (χ2v) is 7.39. The van der Waals surface area contributed by atoms with E-state index in [1.54, 1.807) is 29.9 Å². The van der Waals surface area contributed by atoms with E-state index >= 15 is 0 Å². The number of hydrogen-bond donors (Lipinski definition) is 0. The van der Waals surface area contributed by atoms with Crippen LogP contribution in [0.3, 0.4) is 0 Å². The Balaban J connectivity index is 1.44. The number of nitrogens with zero attached hydrogens (tertiary/aromatic N) is 4. The van der Waals surface area contributed by atoms with Crippen LogP contribution >= 0.6 is 11.3 Å². The van der Waals surface area contributed by atoms with E-state index in [1.165, 1.54) is 15.8 Å². The largest absolute Gasteiger partial charge is 0.476 e. The predicted octanol–water partition coefficient (Wildman–Crippen LogP) is 3.61. The van der Waals surface area contributed by atoms with E-state index in [0.29, 0.717) is 18.4 Å². The highest BCUT2D eigenvalue weighted by Gasteiger charge is 2.25. The van der Waals surface area contributed by atoms with Gasteiger partial charge < -0.3 is 9.64 Å².